The summed E-state index contributed by atoms with van der Waals surface area (Å²) in [5, 5.41) is 171. The van der Waals surface area contributed by atoms with E-state index in [-0.39, 0.29) is 6.61 Å². The molecule has 6 aliphatic heterocycles. The van der Waals surface area contributed by atoms with Crippen molar-refractivity contribution in [2.24, 2.45) is 0 Å². The predicted molar refractivity (Wildman–Crippen MR) is 195 cm³/mol. The third-order valence-electron chi connectivity index (χ3n) is 12.1. The van der Waals surface area contributed by atoms with Crippen LogP contribution in [0, 0.1) is 0 Å². The van der Waals surface area contributed by atoms with Gasteiger partial charge in [0.15, 0.2) is 37.7 Å². The van der Waals surface area contributed by atoms with Crippen LogP contribution in [0.15, 0.2) is 0 Å². The number of aliphatic hydroxyl groups is 16. The van der Waals surface area contributed by atoms with E-state index < -0.39 is 198 Å². The van der Waals surface area contributed by atoms with Crippen LogP contribution in [0.1, 0.15) is 13.8 Å². The van der Waals surface area contributed by atoms with Gasteiger partial charge in [-0.3, -0.25) is 0 Å². The minimum atomic E-state index is -2.10. The normalized spacial score (nSPS) is 54.1. The summed E-state index contributed by atoms with van der Waals surface area (Å²) in [6.07, 6.45) is -50.9. The van der Waals surface area contributed by atoms with Gasteiger partial charge in [0.1, 0.15) is 128 Å². The highest BCUT2D eigenvalue weighted by molar-refractivity contribution is 4.99. The molecule has 6 saturated heterocycles. The standard InChI is InChI=1S/C36H62O28/c1-8-14(40)21(47)30(63-31-22(48)16(42)10(39)6-54-31)36(56-8)62-28-18(44)12(5-38)58-34(25(28)51)60-27-15(41)9(2)55-33(24(27)50)61-29-19(45)13(7-53-3)59-35(26(29)52)64-32-23(49)20(46)17(43)11(4-37)57-32/h8-52H,4-7H2,1-3H3/t8-,9-,10+,11+,12+,13+,14-,15-,16-,17+,18+,19+,20-,21+,22+,23+,24+,25+,26+,27+,28-,29-,30+,31-,32+,33-,34-,35+,36-/m0/s1. The topological polar surface area (TPSA) is 434 Å². The molecule has 0 bridgehead atoms. The van der Waals surface area contributed by atoms with Crippen LogP contribution < -0.4 is 0 Å². The summed E-state index contributed by atoms with van der Waals surface area (Å²) < 4.78 is 67.3. The Balaban J connectivity index is 1.18. The van der Waals surface area contributed by atoms with Gasteiger partial charge >= 0.3 is 0 Å². The Morgan fingerprint density at radius 3 is 1.38 bits per heavy atom. The first kappa shape index (κ1) is 52.3. The first-order valence-electron chi connectivity index (χ1n) is 20.6. The number of rotatable bonds is 14. The summed E-state index contributed by atoms with van der Waals surface area (Å²) in [6, 6.07) is 0. The van der Waals surface area contributed by atoms with Crippen LogP contribution in [0.3, 0.4) is 0 Å². The zero-order chi connectivity index (χ0) is 47.1. The number of hydrogen-bond donors (Lipinski definition) is 16. The third kappa shape index (κ3) is 10.7. The van der Waals surface area contributed by atoms with Crippen molar-refractivity contribution in [3.63, 3.8) is 0 Å². The van der Waals surface area contributed by atoms with Crippen LogP contribution in [0.25, 0.3) is 0 Å². The molecular formula is C36H62O28. The van der Waals surface area contributed by atoms with Crippen LogP contribution in [-0.4, -0.2) is 293 Å². The van der Waals surface area contributed by atoms with E-state index in [9.17, 15) is 81.7 Å². The maximum Gasteiger partial charge on any atom is 0.189 e. The van der Waals surface area contributed by atoms with E-state index in [0.717, 1.165) is 0 Å². The first-order chi connectivity index (χ1) is 30.2. The monoisotopic (exact) mass is 942 g/mol. The zero-order valence-electron chi connectivity index (χ0n) is 34.6. The third-order valence-corrected chi connectivity index (χ3v) is 12.1. The molecule has 0 saturated carbocycles. The van der Waals surface area contributed by atoms with Gasteiger partial charge < -0.3 is 139 Å². The second-order valence-electron chi connectivity index (χ2n) is 16.6. The molecule has 0 unspecified atom stereocenters. The van der Waals surface area contributed by atoms with Gasteiger partial charge in [-0.2, -0.15) is 0 Å². The van der Waals surface area contributed by atoms with Gasteiger partial charge in [-0.05, 0) is 13.8 Å². The fourth-order valence-corrected chi connectivity index (χ4v) is 8.16. The van der Waals surface area contributed by atoms with Crippen molar-refractivity contribution < 1.29 is 139 Å². The van der Waals surface area contributed by atoms with E-state index in [1.165, 1.54) is 21.0 Å². The Hall–Kier alpha value is -1.12. The molecule has 0 aliphatic carbocycles. The Morgan fingerprint density at radius 2 is 0.797 bits per heavy atom. The number of hydrogen-bond acceptors (Lipinski definition) is 28. The van der Waals surface area contributed by atoms with Gasteiger partial charge in [0.2, 0.25) is 0 Å². The van der Waals surface area contributed by atoms with Gasteiger partial charge in [-0.1, -0.05) is 0 Å². The van der Waals surface area contributed by atoms with Gasteiger partial charge in [0.05, 0.1) is 38.6 Å². The fourth-order valence-electron chi connectivity index (χ4n) is 8.16. The van der Waals surface area contributed by atoms with E-state index in [0.29, 0.717) is 0 Å². The lowest BCUT2D eigenvalue weighted by molar-refractivity contribution is -0.402. The highest BCUT2D eigenvalue weighted by Crippen LogP contribution is 2.36. The Bertz CT molecular complexity index is 1440. The van der Waals surface area contributed by atoms with Gasteiger partial charge in [-0.25, -0.2) is 0 Å². The van der Waals surface area contributed by atoms with Crippen molar-refractivity contribution in [1.82, 2.24) is 0 Å². The Labute approximate surface area is 364 Å². The van der Waals surface area contributed by atoms with Gasteiger partial charge in [0.25, 0.3) is 0 Å². The SMILES string of the molecule is COC[C@H]1O[C@H](O[C@H]2O[C@H](CO)[C@@H](O)[C@H](O)[C@H]2O)[C@H](O)[C@@H](O[C@@H]2O[C@@H](C)[C@H](O)[C@@H](O[C@@H]3O[C@H](CO)[C@@H](O)[C@H](O[C@@H]4O[C@@H](C)[C@H](O)[C@@H](O)[C@H]4O[C@@H]4OC[C@@H](O)[C@H](O)[C@H]4O)[C@H]3O)[C@H]2O)[C@@H]1O. The molecule has 0 aromatic heterocycles. The summed E-state index contributed by atoms with van der Waals surface area (Å²) >= 11 is 0. The Morgan fingerprint density at radius 1 is 0.375 bits per heavy atom. The van der Waals surface area contributed by atoms with Crippen molar-refractivity contribution in [3.05, 3.63) is 0 Å². The number of aliphatic hydroxyl groups excluding tert-OH is 16. The molecule has 0 aromatic rings. The lowest BCUT2D eigenvalue weighted by atomic mass is 9.95. The van der Waals surface area contributed by atoms with Crippen molar-refractivity contribution in [2.75, 3.05) is 33.5 Å². The van der Waals surface area contributed by atoms with Crippen molar-refractivity contribution in [2.45, 2.75) is 192 Å². The van der Waals surface area contributed by atoms with E-state index in [4.69, 9.17) is 56.8 Å². The minimum absolute atomic E-state index is 0.351. The van der Waals surface area contributed by atoms with Crippen molar-refractivity contribution in [3.8, 4) is 0 Å². The van der Waals surface area contributed by atoms with Gasteiger partial charge in [0, 0.05) is 7.11 Å². The molecule has 28 nitrogen and oxygen atoms in total. The maximum atomic E-state index is 11.6. The molecule has 0 amide bonds. The van der Waals surface area contributed by atoms with Crippen LogP contribution in [-0.2, 0) is 56.8 Å². The van der Waals surface area contributed by atoms with Crippen LogP contribution in [0.4, 0.5) is 0 Å². The van der Waals surface area contributed by atoms with Crippen LogP contribution in [0.5, 0.6) is 0 Å². The molecule has 6 rings (SSSR count). The smallest absolute Gasteiger partial charge is 0.189 e. The largest absolute Gasteiger partial charge is 0.394 e. The summed E-state index contributed by atoms with van der Waals surface area (Å²) in [7, 11) is 1.25. The second-order valence-corrected chi connectivity index (χ2v) is 16.6. The molecule has 64 heavy (non-hydrogen) atoms. The summed E-state index contributed by atoms with van der Waals surface area (Å²) in [5.74, 6) is 0. The minimum Gasteiger partial charge on any atom is -0.394 e. The summed E-state index contributed by atoms with van der Waals surface area (Å²) in [4.78, 5) is 0. The van der Waals surface area contributed by atoms with E-state index in [1.54, 1.807) is 0 Å². The van der Waals surface area contributed by atoms with Crippen LogP contribution >= 0.6 is 0 Å². The average Bonchev–Trinajstić information content (AvgIpc) is 3.27. The lowest BCUT2D eigenvalue weighted by Gasteiger charge is -2.49. The molecule has 6 heterocycles. The molecule has 16 N–H and O–H groups in total. The summed E-state index contributed by atoms with van der Waals surface area (Å²) in [6.45, 7) is 0.0494. The zero-order valence-corrected chi connectivity index (χ0v) is 34.6. The van der Waals surface area contributed by atoms with Crippen LogP contribution in [0.2, 0.25) is 0 Å². The Kier molecular flexibility index (Phi) is 18.0. The predicted octanol–water partition coefficient (Wildman–Crippen LogP) is -10.8. The van der Waals surface area contributed by atoms with E-state index >= 15 is 0 Å². The fraction of sp³-hybridized carbons (Fsp3) is 1.00. The molecule has 374 valence electrons. The van der Waals surface area contributed by atoms with E-state index in [1.807, 2.05) is 0 Å². The molecule has 0 spiro atoms. The first-order valence-corrected chi connectivity index (χ1v) is 20.6. The lowest BCUT2D eigenvalue weighted by Crippen LogP contribution is -2.68. The molecule has 6 fully saturated rings. The molecule has 29 atom stereocenters. The maximum absolute atomic E-state index is 11.6. The van der Waals surface area contributed by atoms with Crippen molar-refractivity contribution in [1.29, 1.82) is 0 Å². The van der Waals surface area contributed by atoms with Crippen molar-refractivity contribution >= 4 is 0 Å². The highest BCUT2D eigenvalue weighted by atomic mass is 16.8. The molecule has 28 heteroatoms. The molecule has 6 aliphatic rings. The summed E-state index contributed by atoms with van der Waals surface area (Å²) in [5.41, 5.74) is 0. The molecule has 0 radical (unpaired) electrons. The average molecular weight is 943 g/mol. The number of ether oxygens (including phenoxy) is 12. The molecule has 0 aromatic carbocycles. The molecular weight excluding hydrogens is 880 g/mol. The van der Waals surface area contributed by atoms with E-state index in [2.05, 4.69) is 0 Å². The second kappa shape index (κ2) is 22.1. The van der Waals surface area contributed by atoms with Gasteiger partial charge in [-0.15, -0.1) is 0 Å². The number of methoxy groups -OCH3 is 1. The quantitative estimate of drug-likeness (QED) is 0.0769. The highest BCUT2D eigenvalue weighted by Gasteiger charge is 2.57.